The molecule has 2 nitrogen and oxygen atoms in total. The van der Waals surface area contributed by atoms with Gasteiger partial charge >= 0.3 is 0 Å². The van der Waals surface area contributed by atoms with E-state index in [1.807, 2.05) is 0 Å². The third-order valence-corrected chi connectivity index (χ3v) is 3.50. The molecule has 1 spiro atoms. The Morgan fingerprint density at radius 2 is 1.67 bits per heavy atom. The summed E-state index contributed by atoms with van der Waals surface area (Å²) in [5.41, 5.74) is 0. The molecule has 15 heavy (non-hydrogen) atoms. The van der Waals surface area contributed by atoms with Crippen molar-refractivity contribution in [1.82, 2.24) is 0 Å². The van der Waals surface area contributed by atoms with Crippen LogP contribution in [0.15, 0.2) is 0 Å². The molecular formula is C13H24O2. The molecule has 0 unspecified atom stereocenters. The summed E-state index contributed by atoms with van der Waals surface area (Å²) in [4.78, 5) is 0. The fourth-order valence-electron chi connectivity index (χ4n) is 3.17. The zero-order valence-electron chi connectivity index (χ0n) is 10.5. The Morgan fingerprint density at radius 3 is 2.13 bits per heavy atom. The van der Waals surface area contributed by atoms with E-state index in [-0.39, 0.29) is 5.79 Å². The fourth-order valence-corrected chi connectivity index (χ4v) is 3.17. The van der Waals surface area contributed by atoms with Crippen LogP contribution >= 0.6 is 0 Å². The highest BCUT2D eigenvalue weighted by Crippen LogP contribution is 2.48. The Hall–Kier alpha value is -0.0800. The van der Waals surface area contributed by atoms with Gasteiger partial charge in [0.25, 0.3) is 0 Å². The van der Waals surface area contributed by atoms with Gasteiger partial charge < -0.3 is 9.47 Å². The molecule has 2 aliphatic rings. The van der Waals surface area contributed by atoms with E-state index in [4.69, 9.17) is 9.47 Å². The minimum Gasteiger partial charge on any atom is -0.347 e. The van der Waals surface area contributed by atoms with Crippen molar-refractivity contribution < 1.29 is 9.47 Å². The van der Waals surface area contributed by atoms with Gasteiger partial charge in [0.05, 0.1) is 12.2 Å². The molecule has 0 amide bonds. The first-order valence-electron chi connectivity index (χ1n) is 6.35. The molecule has 0 aromatic carbocycles. The van der Waals surface area contributed by atoms with Gasteiger partial charge in [0.2, 0.25) is 0 Å². The van der Waals surface area contributed by atoms with Gasteiger partial charge in [-0.2, -0.15) is 0 Å². The maximum atomic E-state index is 5.97. The lowest BCUT2D eigenvalue weighted by Gasteiger charge is -2.52. The molecule has 2 heteroatoms. The highest BCUT2D eigenvalue weighted by molar-refractivity contribution is 4.92. The Bertz CT molecular complexity index is 207. The van der Waals surface area contributed by atoms with Crippen LogP contribution in [0.3, 0.4) is 0 Å². The van der Waals surface area contributed by atoms with Crippen LogP contribution in [0.4, 0.5) is 0 Å². The van der Waals surface area contributed by atoms with Gasteiger partial charge in [-0.25, -0.2) is 0 Å². The lowest BCUT2D eigenvalue weighted by molar-refractivity contribution is -0.356. The first kappa shape index (κ1) is 11.4. The summed E-state index contributed by atoms with van der Waals surface area (Å²) in [6, 6.07) is 0. The van der Waals surface area contributed by atoms with Gasteiger partial charge in [0.1, 0.15) is 0 Å². The highest BCUT2D eigenvalue weighted by atomic mass is 16.7. The van der Waals surface area contributed by atoms with E-state index in [0.29, 0.717) is 12.2 Å². The normalized spacial score (nSPS) is 45.8. The van der Waals surface area contributed by atoms with E-state index in [1.165, 1.54) is 6.42 Å². The van der Waals surface area contributed by atoms with Crippen LogP contribution in [0.2, 0.25) is 0 Å². The number of hydrogen-bond donors (Lipinski definition) is 0. The summed E-state index contributed by atoms with van der Waals surface area (Å²) in [5.74, 6) is 1.42. The third-order valence-electron chi connectivity index (χ3n) is 3.50. The van der Waals surface area contributed by atoms with Crippen molar-refractivity contribution in [3.05, 3.63) is 0 Å². The molecule has 1 aliphatic heterocycles. The van der Waals surface area contributed by atoms with E-state index in [0.717, 1.165) is 31.1 Å². The second-order valence-electron chi connectivity index (χ2n) is 5.91. The minimum atomic E-state index is -0.198. The summed E-state index contributed by atoms with van der Waals surface area (Å²) in [5, 5.41) is 0. The first-order valence-corrected chi connectivity index (χ1v) is 6.35. The van der Waals surface area contributed by atoms with E-state index in [1.54, 1.807) is 0 Å². The number of rotatable bonds is 2. The van der Waals surface area contributed by atoms with Crippen molar-refractivity contribution in [3.63, 3.8) is 0 Å². The molecule has 0 N–H and O–H groups in total. The van der Waals surface area contributed by atoms with Crippen molar-refractivity contribution in [1.29, 1.82) is 0 Å². The average Bonchev–Trinajstić information content (AvgIpc) is 1.97. The molecule has 88 valence electrons. The molecule has 1 saturated heterocycles. The second kappa shape index (κ2) is 4.06. The largest absolute Gasteiger partial charge is 0.347 e. The molecular weight excluding hydrogens is 188 g/mol. The fraction of sp³-hybridized carbons (Fsp3) is 1.00. The monoisotopic (exact) mass is 212 g/mol. The van der Waals surface area contributed by atoms with Crippen LogP contribution in [0, 0.1) is 11.8 Å². The molecule has 2 fully saturated rings. The van der Waals surface area contributed by atoms with Crippen molar-refractivity contribution in [2.24, 2.45) is 11.8 Å². The summed E-state index contributed by atoms with van der Waals surface area (Å²) >= 11 is 0. The predicted molar refractivity (Wildman–Crippen MR) is 60.6 cm³/mol. The quantitative estimate of drug-likeness (QED) is 0.699. The first-order chi connectivity index (χ1) is 6.99. The van der Waals surface area contributed by atoms with E-state index >= 15 is 0 Å². The van der Waals surface area contributed by atoms with Gasteiger partial charge in [-0.15, -0.1) is 0 Å². The maximum absolute atomic E-state index is 5.97. The third kappa shape index (κ3) is 2.54. The van der Waals surface area contributed by atoms with Gasteiger partial charge in [-0.3, -0.25) is 0 Å². The Kier molecular flexibility index (Phi) is 3.09. The lowest BCUT2D eigenvalue weighted by atomic mass is 9.74. The predicted octanol–water partition coefficient (Wildman–Crippen LogP) is 3.35. The van der Waals surface area contributed by atoms with Crippen LogP contribution < -0.4 is 0 Å². The van der Waals surface area contributed by atoms with Crippen molar-refractivity contribution in [2.45, 2.75) is 71.4 Å². The zero-order valence-corrected chi connectivity index (χ0v) is 10.5. The molecule has 2 rings (SSSR count). The summed E-state index contributed by atoms with van der Waals surface area (Å²) < 4.78 is 11.9. The van der Waals surface area contributed by atoms with Gasteiger partial charge in [0.15, 0.2) is 5.79 Å². The lowest BCUT2D eigenvalue weighted by Crippen LogP contribution is -2.55. The topological polar surface area (TPSA) is 18.5 Å². The highest BCUT2D eigenvalue weighted by Gasteiger charge is 2.50. The van der Waals surface area contributed by atoms with Gasteiger partial charge in [-0.05, 0) is 38.5 Å². The molecule has 0 aromatic heterocycles. The smallest absolute Gasteiger partial charge is 0.169 e. The molecule has 1 heterocycles. The second-order valence-corrected chi connectivity index (χ2v) is 5.91. The molecule has 2 atom stereocenters. The number of ether oxygens (including phenoxy) is 2. The molecule has 0 aromatic rings. The Labute approximate surface area is 93.3 Å². The van der Waals surface area contributed by atoms with Crippen molar-refractivity contribution in [2.75, 3.05) is 0 Å². The van der Waals surface area contributed by atoms with Crippen LogP contribution in [0.5, 0.6) is 0 Å². The Balaban J connectivity index is 1.84. The SMILES string of the molecule is CC(C)CC1CC2(C1)O[C@H](C)C[C@@H](C)O2. The van der Waals surface area contributed by atoms with Crippen molar-refractivity contribution >= 4 is 0 Å². The van der Waals surface area contributed by atoms with Crippen LogP contribution in [0.25, 0.3) is 0 Å². The van der Waals surface area contributed by atoms with E-state index in [2.05, 4.69) is 27.7 Å². The van der Waals surface area contributed by atoms with Gasteiger partial charge in [-0.1, -0.05) is 13.8 Å². The minimum absolute atomic E-state index is 0.198. The maximum Gasteiger partial charge on any atom is 0.169 e. The molecule has 0 bridgehead atoms. The van der Waals surface area contributed by atoms with E-state index < -0.39 is 0 Å². The molecule has 1 saturated carbocycles. The summed E-state index contributed by atoms with van der Waals surface area (Å²) in [6.07, 6.45) is 5.32. The molecule has 1 aliphatic carbocycles. The summed E-state index contributed by atoms with van der Waals surface area (Å²) in [7, 11) is 0. The van der Waals surface area contributed by atoms with Gasteiger partial charge in [0, 0.05) is 12.8 Å². The number of hydrogen-bond acceptors (Lipinski definition) is 2. The van der Waals surface area contributed by atoms with Crippen LogP contribution in [-0.4, -0.2) is 18.0 Å². The van der Waals surface area contributed by atoms with E-state index in [9.17, 15) is 0 Å². The Morgan fingerprint density at radius 1 is 1.13 bits per heavy atom. The average molecular weight is 212 g/mol. The van der Waals surface area contributed by atoms with Crippen LogP contribution in [0.1, 0.15) is 53.4 Å². The van der Waals surface area contributed by atoms with Crippen LogP contribution in [-0.2, 0) is 9.47 Å². The van der Waals surface area contributed by atoms with Crippen molar-refractivity contribution in [3.8, 4) is 0 Å². The standard InChI is InChI=1S/C13H24O2/c1-9(2)5-12-7-13(8-12)14-10(3)6-11(4)15-13/h9-12H,5-8H2,1-4H3/t10-,11-/m1/s1. The summed E-state index contributed by atoms with van der Waals surface area (Å²) in [6.45, 7) is 8.91. The zero-order chi connectivity index (χ0) is 11.1. The molecule has 0 radical (unpaired) electrons.